The SMILES string of the molecule is CC(C)N(C)c1nc2ccc(NC(=O)c3ccc(N4CCCCC4)cc3)cc2[nH]1. The number of nitrogens with zero attached hydrogens (tertiary/aromatic N) is 3. The molecule has 1 amide bonds. The Kier molecular flexibility index (Phi) is 5.43. The van der Waals surface area contributed by atoms with Crippen molar-refractivity contribution in [2.24, 2.45) is 0 Å². The summed E-state index contributed by atoms with van der Waals surface area (Å²) in [5.41, 5.74) is 4.41. The Morgan fingerprint density at radius 2 is 1.83 bits per heavy atom. The van der Waals surface area contributed by atoms with Crippen LogP contribution in [0, 0.1) is 0 Å². The molecule has 152 valence electrons. The molecule has 1 aromatic heterocycles. The molecule has 0 atom stereocenters. The standard InChI is InChI=1S/C23H29N5O/c1-16(2)27(3)23-25-20-12-9-18(15-21(20)26-23)24-22(29)17-7-10-19(11-8-17)28-13-5-4-6-14-28/h7-12,15-16H,4-6,13-14H2,1-3H3,(H,24,29)(H,25,26). The molecule has 0 bridgehead atoms. The van der Waals surface area contributed by atoms with Crippen LogP contribution in [0.15, 0.2) is 42.5 Å². The smallest absolute Gasteiger partial charge is 0.255 e. The third kappa shape index (κ3) is 4.21. The van der Waals surface area contributed by atoms with E-state index in [1.165, 1.54) is 24.9 Å². The maximum Gasteiger partial charge on any atom is 0.255 e. The minimum atomic E-state index is -0.103. The Balaban J connectivity index is 1.46. The third-order valence-corrected chi connectivity index (χ3v) is 5.69. The number of carbonyl (C=O) groups is 1. The van der Waals surface area contributed by atoms with Gasteiger partial charge in [-0.3, -0.25) is 4.79 Å². The van der Waals surface area contributed by atoms with Gasteiger partial charge in [0.15, 0.2) is 0 Å². The molecule has 6 nitrogen and oxygen atoms in total. The summed E-state index contributed by atoms with van der Waals surface area (Å²) < 4.78 is 0. The molecule has 1 fully saturated rings. The number of anilines is 3. The van der Waals surface area contributed by atoms with Gasteiger partial charge in [-0.05, 0) is 75.6 Å². The van der Waals surface area contributed by atoms with Crippen molar-refractivity contribution >= 4 is 34.3 Å². The van der Waals surface area contributed by atoms with Crippen LogP contribution in [-0.4, -0.2) is 42.1 Å². The van der Waals surface area contributed by atoms with E-state index in [0.29, 0.717) is 11.6 Å². The average molecular weight is 392 g/mol. The zero-order chi connectivity index (χ0) is 20.4. The van der Waals surface area contributed by atoms with E-state index in [2.05, 4.69) is 38.9 Å². The highest BCUT2D eigenvalue weighted by Gasteiger charge is 2.14. The molecule has 0 spiro atoms. The lowest BCUT2D eigenvalue weighted by Crippen LogP contribution is -2.29. The highest BCUT2D eigenvalue weighted by atomic mass is 16.1. The Morgan fingerprint density at radius 1 is 1.10 bits per heavy atom. The van der Waals surface area contributed by atoms with Gasteiger partial charge in [0.05, 0.1) is 11.0 Å². The fourth-order valence-electron chi connectivity index (χ4n) is 3.66. The number of hydrogen-bond donors (Lipinski definition) is 2. The zero-order valence-corrected chi connectivity index (χ0v) is 17.4. The Morgan fingerprint density at radius 3 is 2.52 bits per heavy atom. The molecule has 29 heavy (non-hydrogen) atoms. The molecule has 4 rings (SSSR count). The summed E-state index contributed by atoms with van der Waals surface area (Å²) in [5, 5.41) is 3.00. The fraction of sp³-hybridized carbons (Fsp3) is 0.391. The van der Waals surface area contributed by atoms with Crippen molar-refractivity contribution in [3.8, 4) is 0 Å². The van der Waals surface area contributed by atoms with Gasteiger partial charge in [-0.25, -0.2) is 4.98 Å². The highest BCUT2D eigenvalue weighted by Crippen LogP contribution is 2.23. The normalized spacial score (nSPS) is 14.4. The number of aromatic amines is 1. The summed E-state index contributed by atoms with van der Waals surface area (Å²) >= 11 is 0. The van der Waals surface area contributed by atoms with Crippen LogP contribution in [0.4, 0.5) is 17.3 Å². The van der Waals surface area contributed by atoms with Crippen molar-refractivity contribution in [2.75, 3.05) is 35.3 Å². The quantitative estimate of drug-likeness (QED) is 0.664. The summed E-state index contributed by atoms with van der Waals surface area (Å²) in [6, 6.07) is 14.0. The molecular formula is C23H29N5O. The molecule has 0 saturated carbocycles. The Labute approximate surface area is 171 Å². The lowest BCUT2D eigenvalue weighted by atomic mass is 10.1. The number of H-pyrrole nitrogens is 1. The summed E-state index contributed by atoms with van der Waals surface area (Å²) in [4.78, 5) is 25.1. The average Bonchev–Trinajstić information content (AvgIpc) is 3.17. The van der Waals surface area contributed by atoms with Gasteiger partial charge in [0, 0.05) is 43.1 Å². The molecule has 2 heterocycles. The number of imidazole rings is 1. The van der Waals surface area contributed by atoms with E-state index in [-0.39, 0.29) is 5.91 Å². The van der Waals surface area contributed by atoms with Crippen molar-refractivity contribution in [3.63, 3.8) is 0 Å². The minimum Gasteiger partial charge on any atom is -0.372 e. The van der Waals surface area contributed by atoms with E-state index < -0.39 is 0 Å². The molecule has 2 aromatic carbocycles. The zero-order valence-electron chi connectivity index (χ0n) is 17.4. The number of carbonyl (C=O) groups excluding carboxylic acids is 1. The summed E-state index contributed by atoms with van der Waals surface area (Å²) in [7, 11) is 2.01. The monoisotopic (exact) mass is 391 g/mol. The van der Waals surface area contributed by atoms with Gasteiger partial charge in [0.2, 0.25) is 5.95 Å². The van der Waals surface area contributed by atoms with Gasteiger partial charge in [-0.15, -0.1) is 0 Å². The van der Waals surface area contributed by atoms with E-state index in [4.69, 9.17) is 0 Å². The van der Waals surface area contributed by atoms with Crippen molar-refractivity contribution in [1.29, 1.82) is 0 Å². The number of piperidine rings is 1. The van der Waals surface area contributed by atoms with Gasteiger partial charge in [0.1, 0.15) is 0 Å². The number of amides is 1. The first-order valence-electron chi connectivity index (χ1n) is 10.4. The van der Waals surface area contributed by atoms with Crippen molar-refractivity contribution in [1.82, 2.24) is 9.97 Å². The second-order valence-electron chi connectivity index (χ2n) is 8.05. The van der Waals surface area contributed by atoms with E-state index in [1.807, 2.05) is 49.5 Å². The van der Waals surface area contributed by atoms with Crippen LogP contribution in [0.2, 0.25) is 0 Å². The fourth-order valence-corrected chi connectivity index (χ4v) is 3.66. The van der Waals surface area contributed by atoms with Gasteiger partial charge in [0.25, 0.3) is 5.91 Å². The minimum absolute atomic E-state index is 0.103. The van der Waals surface area contributed by atoms with E-state index in [9.17, 15) is 4.79 Å². The van der Waals surface area contributed by atoms with Crippen LogP contribution in [0.1, 0.15) is 43.5 Å². The third-order valence-electron chi connectivity index (χ3n) is 5.69. The maximum absolute atomic E-state index is 12.7. The van der Waals surface area contributed by atoms with Crippen molar-refractivity contribution in [3.05, 3.63) is 48.0 Å². The maximum atomic E-state index is 12.7. The first-order chi connectivity index (χ1) is 14.0. The summed E-state index contributed by atoms with van der Waals surface area (Å²) in [6.07, 6.45) is 3.80. The lowest BCUT2D eigenvalue weighted by molar-refractivity contribution is 0.102. The molecule has 1 aliphatic rings. The van der Waals surface area contributed by atoms with Crippen molar-refractivity contribution in [2.45, 2.75) is 39.2 Å². The predicted octanol–water partition coefficient (Wildman–Crippen LogP) is 4.65. The lowest BCUT2D eigenvalue weighted by Gasteiger charge is -2.28. The number of hydrogen-bond acceptors (Lipinski definition) is 4. The highest BCUT2D eigenvalue weighted by molar-refractivity contribution is 6.05. The molecular weight excluding hydrogens is 362 g/mol. The largest absolute Gasteiger partial charge is 0.372 e. The molecule has 6 heteroatoms. The van der Waals surface area contributed by atoms with Crippen LogP contribution in [0.25, 0.3) is 11.0 Å². The molecule has 0 radical (unpaired) electrons. The summed E-state index contributed by atoms with van der Waals surface area (Å²) in [5.74, 6) is 0.723. The van der Waals surface area contributed by atoms with E-state index in [0.717, 1.165) is 35.8 Å². The second-order valence-corrected chi connectivity index (χ2v) is 8.05. The van der Waals surface area contributed by atoms with Gasteiger partial charge in [-0.1, -0.05) is 0 Å². The number of fused-ring (bicyclic) bond motifs is 1. The van der Waals surface area contributed by atoms with Gasteiger partial charge >= 0.3 is 0 Å². The second kappa shape index (κ2) is 8.15. The van der Waals surface area contributed by atoms with Gasteiger partial charge in [-0.2, -0.15) is 0 Å². The predicted molar refractivity (Wildman–Crippen MR) is 120 cm³/mol. The van der Waals surface area contributed by atoms with Crippen LogP contribution >= 0.6 is 0 Å². The number of nitrogens with one attached hydrogen (secondary N) is 2. The van der Waals surface area contributed by atoms with Crippen LogP contribution < -0.4 is 15.1 Å². The number of aromatic nitrogens is 2. The Bertz CT molecular complexity index is 986. The molecule has 2 N–H and O–H groups in total. The molecule has 0 aliphatic carbocycles. The summed E-state index contributed by atoms with van der Waals surface area (Å²) in [6.45, 7) is 6.44. The number of benzene rings is 2. The first-order valence-corrected chi connectivity index (χ1v) is 10.4. The molecule has 3 aromatic rings. The topological polar surface area (TPSA) is 64.3 Å². The number of rotatable bonds is 5. The van der Waals surface area contributed by atoms with Crippen LogP contribution in [0.3, 0.4) is 0 Å². The van der Waals surface area contributed by atoms with E-state index >= 15 is 0 Å². The Hall–Kier alpha value is -3.02. The molecule has 0 unspecified atom stereocenters. The van der Waals surface area contributed by atoms with Crippen LogP contribution in [0.5, 0.6) is 0 Å². The molecule has 1 saturated heterocycles. The van der Waals surface area contributed by atoms with Crippen LogP contribution in [-0.2, 0) is 0 Å². The van der Waals surface area contributed by atoms with Gasteiger partial charge < -0.3 is 20.1 Å². The first kappa shape index (κ1) is 19.3. The molecule has 1 aliphatic heterocycles. The van der Waals surface area contributed by atoms with E-state index in [1.54, 1.807) is 0 Å². The van der Waals surface area contributed by atoms with Crippen molar-refractivity contribution < 1.29 is 4.79 Å².